The van der Waals surface area contributed by atoms with Gasteiger partial charge in [-0.05, 0) is 49.2 Å². The summed E-state index contributed by atoms with van der Waals surface area (Å²) in [6.07, 6.45) is 2.61. The minimum Gasteiger partial charge on any atom is -0.493 e. The normalized spacial score (nSPS) is 14.1. The minimum atomic E-state index is -0.197. The van der Waals surface area contributed by atoms with Gasteiger partial charge in [0.15, 0.2) is 17.3 Å². The van der Waals surface area contributed by atoms with Crippen molar-refractivity contribution in [1.29, 1.82) is 0 Å². The first-order valence-corrected chi connectivity index (χ1v) is 11.0. The van der Waals surface area contributed by atoms with Gasteiger partial charge in [-0.1, -0.05) is 23.7 Å². The van der Waals surface area contributed by atoms with Gasteiger partial charge in [0.2, 0.25) is 5.91 Å². The minimum absolute atomic E-state index is 0.106. The highest BCUT2D eigenvalue weighted by atomic mass is 35.5. The largest absolute Gasteiger partial charge is 0.493 e. The monoisotopic (exact) mass is 469 g/mol. The number of ether oxygens (including phenoxy) is 2. The number of hydrogen-bond donors (Lipinski definition) is 1. The Morgan fingerprint density at radius 2 is 1.88 bits per heavy atom. The zero-order valence-electron chi connectivity index (χ0n) is 18.1. The number of nitrogens with zero attached hydrogens (tertiary/aromatic N) is 2. The van der Waals surface area contributed by atoms with Crippen molar-refractivity contribution in [3.05, 3.63) is 71.3 Å². The highest BCUT2D eigenvalue weighted by Gasteiger charge is 2.29. The number of halogens is 1. The van der Waals surface area contributed by atoms with Crippen LogP contribution >= 0.6 is 11.6 Å². The highest BCUT2D eigenvalue weighted by molar-refractivity contribution is 6.30. The Bertz CT molecular complexity index is 1110. The average Bonchev–Trinajstić information content (AvgIpc) is 3.33. The molecule has 1 aliphatic heterocycles. The molecule has 2 amide bonds. The lowest BCUT2D eigenvalue weighted by atomic mass is 9.95. The van der Waals surface area contributed by atoms with Crippen LogP contribution in [0.15, 0.2) is 59.1 Å². The van der Waals surface area contributed by atoms with Crippen molar-refractivity contribution in [2.24, 2.45) is 5.92 Å². The number of furan rings is 1. The summed E-state index contributed by atoms with van der Waals surface area (Å²) in [6.45, 7) is 1.12. The van der Waals surface area contributed by atoms with Crippen molar-refractivity contribution in [2.45, 2.75) is 19.4 Å². The molecular formula is C24H24ClN3O5. The van der Waals surface area contributed by atoms with Crippen molar-refractivity contribution < 1.29 is 23.5 Å². The predicted molar refractivity (Wildman–Crippen MR) is 123 cm³/mol. The number of carbonyl (C=O) groups is 2. The summed E-state index contributed by atoms with van der Waals surface area (Å²) < 4.78 is 16.7. The van der Waals surface area contributed by atoms with Gasteiger partial charge in [-0.3, -0.25) is 9.59 Å². The zero-order valence-corrected chi connectivity index (χ0v) is 18.9. The number of benzene rings is 1. The summed E-state index contributed by atoms with van der Waals surface area (Å²) in [4.78, 5) is 31.1. The first-order valence-electron chi connectivity index (χ1n) is 10.6. The van der Waals surface area contributed by atoms with E-state index in [1.54, 1.807) is 42.3 Å². The van der Waals surface area contributed by atoms with E-state index in [-0.39, 0.29) is 30.1 Å². The SMILES string of the molecule is COc1ccccc1OCc1ccc(C(=O)N2CCC(C(=O)Nc3ccc(Cl)cn3)CC2)o1. The van der Waals surface area contributed by atoms with Gasteiger partial charge >= 0.3 is 0 Å². The van der Waals surface area contributed by atoms with E-state index in [0.717, 1.165) is 0 Å². The van der Waals surface area contributed by atoms with Crippen LogP contribution in [0.3, 0.4) is 0 Å². The molecule has 2 aromatic heterocycles. The summed E-state index contributed by atoms with van der Waals surface area (Å²) in [6, 6.07) is 14.0. The lowest BCUT2D eigenvalue weighted by molar-refractivity contribution is -0.121. The number of pyridine rings is 1. The van der Waals surface area contributed by atoms with E-state index in [0.29, 0.717) is 54.0 Å². The molecule has 4 rings (SSSR count). The Hall–Kier alpha value is -3.52. The standard InChI is InChI=1S/C24H24ClN3O5/c1-31-19-4-2-3-5-20(19)32-15-18-7-8-21(33-18)24(30)28-12-10-16(11-13-28)23(29)27-22-9-6-17(25)14-26-22/h2-9,14,16H,10-13,15H2,1H3,(H,26,27,29). The lowest BCUT2D eigenvalue weighted by Crippen LogP contribution is -2.41. The second kappa shape index (κ2) is 10.4. The third-order valence-corrected chi connectivity index (χ3v) is 5.67. The number of rotatable bonds is 7. The number of aromatic nitrogens is 1. The molecule has 1 aliphatic rings. The Morgan fingerprint density at radius 3 is 2.58 bits per heavy atom. The van der Waals surface area contributed by atoms with Gasteiger partial charge in [-0.15, -0.1) is 0 Å². The number of hydrogen-bond acceptors (Lipinski definition) is 6. The smallest absolute Gasteiger partial charge is 0.289 e. The Kier molecular flexibility index (Phi) is 7.14. The first-order chi connectivity index (χ1) is 16.0. The molecule has 33 heavy (non-hydrogen) atoms. The van der Waals surface area contributed by atoms with Crippen LogP contribution in [-0.2, 0) is 11.4 Å². The Morgan fingerprint density at radius 1 is 1.12 bits per heavy atom. The van der Waals surface area contributed by atoms with Crippen LogP contribution < -0.4 is 14.8 Å². The maximum Gasteiger partial charge on any atom is 0.289 e. The summed E-state index contributed by atoms with van der Waals surface area (Å²) in [5.41, 5.74) is 0. The number of amides is 2. The average molecular weight is 470 g/mol. The molecule has 3 aromatic rings. The molecule has 0 spiro atoms. The maximum absolute atomic E-state index is 12.8. The number of carbonyl (C=O) groups excluding carboxylic acids is 2. The van der Waals surface area contributed by atoms with Crippen LogP contribution in [0.4, 0.5) is 5.82 Å². The van der Waals surface area contributed by atoms with Crippen molar-refractivity contribution in [2.75, 3.05) is 25.5 Å². The van der Waals surface area contributed by atoms with Gasteiger partial charge in [0, 0.05) is 25.2 Å². The molecule has 0 aliphatic carbocycles. The predicted octanol–water partition coefficient (Wildman–Crippen LogP) is 4.41. The van der Waals surface area contributed by atoms with Crippen LogP contribution in [0.25, 0.3) is 0 Å². The number of anilines is 1. The van der Waals surface area contributed by atoms with E-state index < -0.39 is 0 Å². The van der Waals surface area contributed by atoms with Crippen molar-refractivity contribution in [3.8, 4) is 11.5 Å². The summed E-state index contributed by atoms with van der Waals surface area (Å²) in [7, 11) is 1.58. The van der Waals surface area contributed by atoms with Gasteiger partial charge < -0.3 is 24.1 Å². The summed E-state index contributed by atoms with van der Waals surface area (Å²) in [5.74, 6) is 1.98. The van der Waals surface area contributed by atoms with Gasteiger partial charge in [0.05, 0.1) is 12.1 Å². The number of nitrogens with one attached hydrogen (secondary N) is 1. The quantitative estimate of drug-likeness (QED) is 0.551. The van der Waals surface area contributed by atoms with Crippen LogP contribution in [0.1, 0.15) is 29.2 Å². The molecule has 9 heteroatoms. The fourth-order valence-electron chi connectivity index (χ4n) is 3.64. The third-order valence-electron chi connectivity index (χ3n) is 5.44. The number of para-hydroxylation sites is 2. The van der Waals surface area contributed by atoms with Gasteiger partial charge in [-0.25, -0.2) is 4.98 Å². The molecular weight excluding hydrogens is 446 g/mol. The first kappa shape index (κ1) is 22.7. The third kappa shape index (κ3) is 5.64. The van der Waals surface area contributed by atoms with Crippen molar-refractivity contribution in [3.63, 3.8) is 0 Å². The fourth-order valence-corrected chi connectivity index (χ4v) is 3.75. The van der Waals surface area contributed by atoms with E-state index in [2.05, 4.69) is 10.3 Å². The van der Waals surface area contributed by atoms with E-state index in [1.807, 2.05) is 18.2 Å². The molecule has 0 radical (unpaired) electrons. The molecule has 0 bridgehead atoms. The van der Waals surface area contributed by atoms with E-state index in [4.69, 9.17) is 25.5 Å². The molecule has 3 heterocycles. The van der Waals surface area contributed by atoms with Gasteiger partial charge in [-0.2, -0.15) is 0 Å². The van der Waals surface area contributed by atoms with E-state index in [1.165, 1.54) is 6.20 Å². The van der Waals surface area contributed by atoms with Crippen molar-refractivity contribution >= 4 is 29.2 Å². The molecule has 1 saturated heterocycles. The second-order valence-electron chi connectivity index (χ2n) is 7.62. The molecule has 172 valence electrons. The van der Waals surface area contributed by atoms with E-state index >= 15 is 0 Å². The molecule has 0 saturated carbocycles. The molecule has 1 fully saturated rings. The molecule has 0 unspecified atom stereocenters. The number of piperidine rings is 1. The summed E-state index contributed by atoms with van der Waals surface area (Å²) in [5, 5.41) is 3.31. The van der Waals surface area contributed by atoms with Gasteiger partial charge in [0.25, 0.3) is 5.91 Å². The van der Waals surface area contributed by atoms with Crippen LogP contribution in [0, 0.1) is 5.92 Å². The summed E-state index contributed by atoms with van der Waals surface area (Å²) >= 11 is 5.82. The molecule has 0 atom stereocenters. The lowest BCUT2D eigenvalue weighted by Gasteiger charge is -2.30. The molecule has 1 aromatic carbocycles. The van der Waals surface area contributed by atoms with Gasteiger partial charge in [0.1, 0.15) is 18.2 Å². The van der Waals surface area contributed by atoms with E-state index in [9.17, 15) is 9.59 Å². The van der Waals surface area contributed by atoms with Crippen LogP contribution in [0.2, 0.25) is 5.02 Å². The number of likely N-dealkylation sites (tertiary alicyclic amines) is 1. The molecule has 1 N–H and O–H groups in total. The number of methoxy groups -OCH3 is 1. The topological polar surface area (TPSA) is 93.9 Å². The van der Waals surface area contributed by atoms with Crippen molar-refractivity contribution in [1.82, 2.24) is 9.88 Å². The van der Waals surface area contributed by atoms with Crippen LogP contribution in [-0.4, -0.2) is 41.9 Å². The maximum atomic E-state index is 12.8. The highest BCUT2D eigenvalue weighted by Crippen LogP contribution is 2.27. The second-order valence-corrected chi connectivity index (χ2v) is 8.06. The fraction of sp³-hybridized carbons (Fsp3) is 0.292. The van der Waals surface area contributed by atoms with Crippen LogP contribution in [0.5, 0.6) is 11.5 Å². The Labute approximate surface area is 196 Å². The zero-order chi connectivity index (χ0) is 23.2. The Balaban J connectivity index is 1.28. The molecule has 8 nitrogen and oxygen atoms in total.